The number of carboxylic acids is 1. The van der Waals surface area contributed by atoms with E-state index in [1.54, 1.807) is 24.4 Å². The molecule has 0 aliphatic carbocycles. The minimum atomic E-state index is -0.971. The minimum absolute atomic E-state index is 0.229. The topological polar surface area (TPSA) is 75.2 Å². The van der Waals surface area contributed by atoms with Crippen LogP contribution in [0.1, 0.15) is 27.2 Å². The van der Waals surface area contributed by atoms with Crippen LogP contribution in [-0.4, -0.2) is 22.8 Å². The number of methoxy groups -OCH3 is 1. The number of hydrogen-bond donors (Lipinski definition) is 1. The highest BCUT2D eigenvalue weighted by atomic mass is 16.5. The van der Waals surface area contributed by atoms with E-state index in [-0.39, 0.29) is 12.2 Å². The van der Waals surface area contributed by atoms with Crippen LogP contribution in [0.2, 0.25) is 0 Å². The number of aromatic nitrogens is 1. The average Bonchev–Trinajstić information content (AvgIpc) is 2.83. The first-order valence-corrected chi connectivity index (χ1v) is 6.05. The molecule has 5 heteroatoms. The first kappa shape index (κ1) is 13.8. The Bertz CT molecular complexity index is 668. The molecule has 0 atom stereocenters. The highest BCUT2D eigenvalue weighted by Gasteiger charge is 2.15. The molecule has 1 N–H and O–H groups in total. The highest BCUT2D eigenvalue weighted by molar-refractivity contribution is 5.89. The average molecular weight is 270 g/mol. The molecule has 0 unspecified atom stereocenters. The predicted octanol–water partition coefficient (Wildman–Crippen LogP) is 2.25. The zero-order chi connectivity index (χ0) is 14.5. The van der Waals surface area contributed by atoms with E-state index in [1.165, 1.54) is 7.11 Å². The standard InChI is InChI=1S/C15H14N2O3/c1-20-10-14-13(15(18)19)5-6-17(14)9-12-4-2-3-11(7-12)8-16/h2-7H,9-10H2,1H3,(H,18,19). The summed E-state index contributed by atoms with van der Waals surface area (Å²) >= 11 is 0. The summed E-state index contributed by atoms with van der Waals surface area (Å²) in [4.78, 5) is 11.2. The lowest BCUT2D eigenvalue weighted by molar-refractivity contribution is 0.0691. The molecule has 0 radical (unpaired) electrons. The third kappa shape index (κ3) is 2.87. The van der Waals surface area contributed by atoms with Crippen LogP contribution in [0, 0.1) is 11.3 Å². The van der Waals surface area contributed by atoms with Crippen molar-refractivity contribution in [3.63, 3.8) is 0 Å². The monoisotopic (exact) mass is 270 g/mol. The van der Waals surface area contributed by atoms with E-state index in [9.17, 15) is 4.79 Å². The van der Waals surface area contributed by atoms with Crippen LogP contribution in [0.25, 0.3) is 0 Å². The highest BCUT2D eigenvalue weighted by Crippen LogP contribution is 2.15. The fourth-order valence-electron chi connectivity index (χ4n) is 2.08. The van der Waals surface area contributed by atoms with Crippen LogP contribution in [0.5, 0.6) is 0 Å². The summed E-state index contributed by atoms with van der Waals surface area (Å²) in [7, 11) is 1.53. The smallest absolute Gasteiger partial charge is 0.337 e. The molecule has 102 valence electrons. The first-order chi connectivity index (χ1) is 9.65. The Kier molecular flexibility index (Phi) is 4.18. The second-order valence-corrected chi connectivity index (χ2v) is 4.35. The number of carboxylic acid groups (broad SMARTS) is 1. The van der Waals surface area contributed by atoms with Gasteiger partial charge in [-0.25, -0.2) is 4.79 Å². The van der Waals surface area contributed by atoms with Crippen LogP contribution in [0.15, 0.2) is 36.5 Å². The van der Waals surface area contributed by atoms with Crippen molar-refractivity contribution < 1.29 is 14.6 Å². The van der Waals surface area contributed by atoms with Gasteiger partial charge >= 0.3 is 5.97 Å². The number of nitrogens with zero attached hydrogens (tertiary/aromatic N) is 2. The second kappa shape index (κ2) is 6.04. The lowest BCUT2D eigenvalue weighted by Crippen LogP contribution is -2.08. The summed E-state index contributed by atoms with van der Waals surface area (Å²) in [5.41, 5.74) is 2.38. The summed E-state index contributed by atoms with van der Waals surface area (Å²) in [6.45, 7) is 0.730. The fourth-order valence-corrected chi connectivity index (χ4v) is 2.08. The number of rotatable bonds is 5. The van der Waals surface area contributed by atoms with Crippen molar-refractivity contribution in [2.45, 2.75) is 13.2 Å². The Morgan fingerprint density at radius 3 is 2.90 bits per heavy atom. The molecule has 2 rings (SSSR count). The molecule has 1 aromatic carbocycles. The molecular formula is C15H14N2O3. The van der Waals surface area contributed by atoms with Gasteiger partial charge in [0, 0.05) is 19.9 Å². The number of aromatic carboxylic acids is 1. The third-order valence-electron chi connectivity index (χ3n) is 3.00. The fraction of sp³-hybridized carbons (Fsp3) is 0.200. The predicted molar refractivity (Wildman–Crippen MR) is 72.4 cm³/mol. The second-order valence-electron chi connectivity index (χ2n) is 4.35. The maximum atomic E-state index is 11.2. The van der Waals surface area contributed by atoms with Gasteiger partial charge in [-0.15, -0.1) is 0 Å². The number of benzene rings is 1. The third-order valence-corrected chi connectivity index (χ3v) is 3.00. The zero-order valence-corrected chi connectivity index (χ0v) is 11.0. The Balaban J connectivity index is 2.33. The lowest BCUT2D eigenvalue weighted by atomic mass is 10.1. The van der Waals surface area contributed by atoms with Crippen LogP contribution in [-0.2, 0) is 17.9 Å². The maximum Gasteiger partial charge on any atom is 0.337 e. The molecule has 0 saturated carbocycles. The van der Waals surface area contributed by atoms with E-state index < -0.39 is 5.97 Å². The number of nitriles is 1. The van der Waals surface area contributed by atoms with E-state index in [2.05, 4.69) is 6.07 Å². The SMILES string of the molecule is COCc1c(C(=O)O)ccn1Cc1cccc(C#N)c1. The normalized spacial score (nSPS) is 10.2. The van der Waals surface area contributed by atoms with E-state index in [4.69, 9.17) is 15.1 Å². The molecule has 1 heterocycles. The van der Waals surface area contributed by atoms with Crippen LogP contribution in [0.3, 0.4) is 0 Å². The molecule has 2 aromatic rings. The van der Waals surface area contributed by atoms with Crippen molar-refractivity contribution in [3.8, 4) is 6.07 Å². The number of carbonyl (C=O) groups is 1. The molecule has 0 amide bonds. The molecule has 0 aliphatic rings. The Morgan fingerprint density at radius 2 is 2.25 bits per heavy atom. The summed E-state index contributed by atoms with van der Waals surface area (Å²) < 4.78 is 6.89. The van der Waals surface area contributed by atoms with Crippen molar-refractivity contribution in [1.29, 1.82) is 5.26 Å². The summed E-state index contributed by atoms with van der Waals surface area (Å²) in [5.74, 6) is -0.971. The van der Waals surface area contributed by atoms with Crippen molar-refractivity contribution in [3.05, 3.63) is 58.9 Å². The molecule has 0 saturated heterocycles. The number of hydrogen-bond acceptors (Lipinski definition) is 3. The molecule has 20 heavy (non-hydrogen) atoms. The van der Waals surface area contributed by atoms with Crippen LogP contribution in [0.4, 0.5) is 0 Å². The molecule has 0 bridgehead atoms. The van der Waals surface area contributed by atoms with Gasteiger partial charge in [-0.1, -0.05) is 12.1 Å². The van der Waals surface area contributed by atoms with Gasteiger partial charge in [-0.05, 0) is 23.8 Å². The molecule has 1 aromatic heterocycles. The molecule has 0 aliphatic heterocycles. The quantitative estimate of drug-likeness (QED) is 0.904. The van der Waals surface area contributed by atoms with E-state index in [0.717, 1.165) is 5.56 Å². The lowest BCUT2D eigenvalue weighted by Gasteiger charge is -2.10. The van der Waals surface area contributed by atoms with Gasteiger partial charge in [0.2, 0.25) is 0 Å². The molecule has 0 spiro atoms. The summed E-state index contributed by atoms with van der Waals surface area (Å²) in [5, 5.41) is 18.0. The van der Waals surface area contributed by atoms with Crippen molar-refractivity contribution in [1.82, 2.24) is 4.57 Å². The Labute approximate surface area is 116 Å². The largest absolute Gasteiger partial charge is 0.478 e. The number of ether oxygens (including phenoxy) is 1. The van der Waals surface area contributed by atoms with Crippen LogP contribution >= 0.6 is 0 Å². The van der Waals surface area contributed by atoms with Crippen molar-refractivity contribution >= 4 is 5.97 Å². The van der Waals surface area contributed by atoms with Crippen molar-refractivity contribution in [2.75, 3.05) is 7.11 Å². The minimum Gasteiger partial charge on any atom is -0.478 e. The van der Waals surface area contributed by atoms with Gasteiger partial charge in [-0.2, -0.15) is 5.26 Å². The van der Waals surface area contributed by atoms with Gasteiger partial charge in [0.15, 0.2) is 0 Å². The summed E-state index contributed by atoms with van der Waals surface area (Å²) in [6, 6.07) is 10.9. The van der Waals surface area contributed by atoms with Gasteiger partial charge in [-0.3, -0.25) is 0 Å². The first-order valence-electron chi connectivity index (χ1n) is 6.05. The van der Waals surface area contributed by atoms with Gasteiger partial charge < -0.3 is 14.4 Å². The maximum absolute atomic E-state index is 11.2. The van der Waals surface area contributed by atoms with Gasteiger partial charge in [0.1, 0.15) is 0 Å². The Morgan fingerprint density at radius 1 is 1.45 bits per heavy atom. The van der Waals surface area contributed by atoms with Gasteiger partial charge in [0.25, 0.3) is 0 Å². The van der Waals surface area contributed by atoms with Crippen molar-refractivity contribution in [2.24, 2.45) is 0 Å². The van der Waals surface area contributed by atoms with E-state index in [0.29, 0.717) is 17.8 Å². The molecule has 0 fully saturated rings. The summed E-state index contributed by atoms with van der Waals surface area (Å²) in [6.07, 6.45) is 1.72. The zero-order valence-electron chi connectivity index (χ0n) is 11.0. The van der Waals surface area contributed by atoms with E-state index in [1.807, 2.05) is 16.7 Å². The molecular weight excluding hydrogens is 256 g/mol. The van der Waals surface area contributed by atoms with Crippen LogP contribution < -0.4 is 0 Å². The molecule has 5 nitrogen and oxygen atoms in total. The Hall–Kier alpha value is -2.58. The van der Waals surface area contributed by atoms with Gasteiger partial charge in [0.05, 0.1) is 29.5 Å². The van der Waals surface area contributed by atoms with E-state index >= 15 is 0 Å².